The second kappa shape index (κ2) is 6.61. The van der Waals surface area contributed by atoms with Gasteiger partial charge in [0.05, 0.1) is 4.92 Å². The van der Waals surface area contributed by atoms with Gasteiger partial charge in [-0.1, -0.05) is 6.92 Å². The fraction of sp³-hybridized carbons (Fsp3) is 0.222. The van der Waals surface area contributed by atoms with Crippen molar-refractivity contribution < 1.29 is 14.1 Å². The molecule has 0 saturated heterocycles. The van der Waals surface area contributed by atoms with Gasteiger partial charge < -0.3 is 9.73 Å². The van der Waals surface area contributed by atoms with Crippen molar-refractivity contribution in [3.8, 4) is 6.07 Å². The number of nitrogens with one attached hydrogen (secondary N) is 1. The zero-order valence-corrected chi connectivity index (χ0v) is 13.4. The van der Waals surface area contributed by atoms with Crippen LogP contribution in [0, 0.1) is 27.4 Å². The summed E-state index contributed by atoms with van der Waals surface area (Å²) in [7, 11) is 0. The Labute approximate surface area is 143 Å². The number of nitrogens with zero attached hydrogens (tertiary/aromatic N) is 2. The normalized spacial score (nSPS) is 19.1. The molecule has 0 spiro atoms. The van der Waals surface area contributed by atoms with E-state index < -0.39 is 10.8 Å². The molecule has 25 heavy (non-hydrogen) atoms. The highest BCUT2D eigenvalue weighted by Crippen LogP contribution is 2.47. The third-order valence-electron chi connectivity index (χ3n) is 4.11. The molecule has 1 N–H and O–H groups in total. The molecule has 1 aromatic heterocycles. The largest absolute Gasteiger partial charge is 0.461 e. The predicted octanol–water partition coefficient (Wildman–Crippen LogP) is 3.86. The molecular formula is C18H15N3O4. The van der Waals surface area contributed by atoms with E-state index in [4.69, 9.17) is 4.42 Å². The molecule has 2 aromatic rings. The summed E-state index contributed by atoms with van der Waals surface area (Å²) in [6, 6.07) is 10.8. The highest BCUT2D eigenvalue weighted by molar-refractivity contribution is 6.09. The van der Waals surface area contributed by atoms with E-state index in [0.29, 0.717) is 23.3 Å². The van der Waals surface area contributed by atoms with E-state index in [2.05, 4.69) is 12.2 Å². The van der Waals surface area contributed by atoms with Gasteiger partial charge in [-0.3, -0.25) is 14.9 Å². The summed E-state index contributed by atoms with van der Waals surface area (Å²) in [6.45, 7) is 2.14. The average Bonchev–Trinajstić information content (AvgIpc) is 3.14. The van der Waals surface area contributed by atoms with Crippen LogP contribution in [0.3, 0.4) is 0 Å². The van der Waals surface area contributed by atoms with Gasteiger partial charge in [0.2, 0.25) is 0 Å². The smallest absolute Gasteiger partial charge is 0.269 e. The fourth-order valence-electron chi connectivity index (χ4n) is 2.52. The van der Waals surface area contributed by atoms with Gasteiger partial charge in [0.25, 0.3) is 11.6 Å². The molecule has 0 bridgehead atoms. The van der Waals surface area contributed by atoms with Crippen molar-refractivity contribution in [3.05, 3.63) is 63.6 Å². The maximum atomic E-state index is 12.2. The molecule has 7 nitrogen and oxygen atoms in total. The fourth-order valence-corrected chi connectivity index (χ4v) is 2.52. The summed E-state index contributed by atoms with van der Waals surface area (Å²) < 4.78 is 5.67. The van der Waals surface area contributed by atoms with Gasteiger partial charge in [-0.25, -0.2) is 0 Å². The van der Waals surface area contributed by atoms with Crippen LogP contribution in [0.1, 0.15) is 30.8 Å². The molecule has 1 saturated carbocycles. The van der Waals surface area contributed by atoms with E-state index >= 15 is 0 Å². The number of anilines is 1. The summed E-state index contributed by atoms with van der Waals surface area (Å²) in [5, 5.41) is 22.4. The second-order valence-corrected chi connectivity index (χ2v) is 5.99. The lowest BCUT2D eigenvalue weighted by atomic mass is 10.2. The van der Waals surface area contributed by atoms with Crippen LogP contribution in [0.2, 0.25) is 0 Å². The van der Waals surface area contributed by atoms with Crippen LogP contribution < -0.4 is 5.32 Å². The van der Waals surface area contributed by atoms with E-state index in [9.17, 15) is 20.2 Å². The molecule has 1 amide bonds. The van der Waals surface area contributed by atoms with Gasteiger partial charge in [-0.2, -0.15) is 5.26 Å². The number of rotatable bonds is 5. The Kier molecular flexibility index (Phi) is 4.35. The molecule has 3 rings (SSSR count). The number of hydrogen-bond acceptors (Lipinski definition) is 5. The first-order chi connectivity index (χ1) is 12.0. The highest BCUT2D eigenvalue weighted by Gasteiger charge is 2.36. The molecular weight excluding hydrogens is 322 g/mol. The number of carbonyl (C=O) groups excluding carboxylic acids is 1. The van der Waals surface area contributed by atoms with Crippen LogP contribution in [-0.2, 0) is 4.79 Å². The topological polar surface area (TPSA) is 109 Å². The van der Waals surface area contributed by atoms with Gasteiger partial charge in [-0.15, -0.1) is 0 Å². The lowest BCUT2D eigenvalue weighted by Gasteiger charge is -2.03. The second-order valence-electron chi connectivity index (χ2n) is 5.99. The van der Waals surface area contributed by atoms with Gasteiger partial charge in [-0.05, 0) is 36.6 Å². The third-order valence-corrected chi connectivity index (χ3v) is 4.11. The van der Waals surface area contributed by atoms with Crippen molar-refractivity contribution >= 4 is 23.4 Å². The number of amides is 1. The Hall–Kier alpha value is -3.40. The number of hydrogen-bond donors (Lipinski definition) is 1. The summed E-state index contributed by atoms with van der Waals surface area (Å²) in [4.78, 5) is 22.3. The minimum atomic E-state index is -0.603. The van der Waals surface area contributed by atoms with Crippen molar-refractivity contribution in [1.82, 2.24) is 0 Å². The van der Waals surface area contributed by atoms with Gasteiger partial charge in [0, 0.05) is 29.8 Å². The highest BCUT2D eigenvalue weighted by atomic mass is 16.6. The Morgan fingerprint density at radius 3 is 2.60 bits per heavy atom. The van der Waals surface area contributed by atoms with E-state index in [1.807, 2.05) is 12.1 Å². The molecule has 1 aromatic carbocycles. The summed E-state index contributed by atoms with van der Waals surface area (Å²) in [6.07, 6.45) is 2.47. The van der Waals surface area contributed by atoms with E-state index in [0.717, 1.165) is 12.2 Å². The molecule has 126 valence electrons. The number of nitro benzene ring substituents is 1. The van der Waals surface area contributed by atoms with Gasteiger partial charge in [0.15, 0.2) is 0 Å². The molecule has 0 aliphatic heterocycles. The summed E-state index contributed by atoms with van der Waals surface area (Å²) >= 11 is 0. The molecule has 2 atom stereocenters. The van der Waals surface area contributed by atoms with Gasteiger partial charge >= 0.3 is 0 Å². The Bertz CT molecular complexity index is 890. The van der Waals surface area contributed by atoms with Crippen LogP contribution in [-0.4, -0.2) is 10.8 Å². The molecule has 1 fully saturated rings. The van der Waals surface area contributed by atoms with Crippen LogP contribution in [0.15, 0.2) is 46.4 Å². The molecule has 1 aliphatic carbocycles. The van der Waals surface area contributed by atoms with E-state index in [1.165, 1.54) is 30.3 Å². The summed E-state index contributed by atoms with van der Waals surface area (Å²) in [5.74, 6) is 1.73. The first-order valence-electron chi connectivity index (χ1n) is 7.75. The number of furan rings is 1. The number of non-ortho nitro benzene ring substituents is 1. The van der Waals surface area contributed by atoms with Crippen molar-refractivity contribution in [2.45, 2.75) is 19.3 Å². The third kappa shape index (κ3) is 3.75. The maximum Gasteiger partial charge on any atom is 0.269 e. The lowest BCUT2D eigenvalue weighted by Crippen LogP contribution is -2.13. The van der Waals surface area contributed by atoms with Crippen molar-refractivity contribution in [3.63, 3.8) is 0 Å². The number of carbonyl (C=O) groups is 1. The molecule has 2 unspecified atom stereocenters. The first-order valence-corrected chi connectivity index (χ1v) is 7.75. The van der Waals surface area contributed by atoms with Crippen molar-refractivity contribution in [2.24, 2.45) is 5.92 Å². The Balaban J connectivity index is 1.71. The van der Waals surface area contributed by atoms with Gasteiger partial charge in [0.1, 0.15) is 23.2 Å². The van der Waals surface area contributed by atoms with Crippen LogP contribution in [0.25, 0.3) is 6.08 Å². The summed E-state index contributed by atoms with van der Waals surface area (Å²) in [5.41, 5.74) is 0.179. The number of nitriles is 1. The lowest BCUT2D eigenvalue weighted by molar-refractivity contribution is -0.384. The maximum absolute atomic E-state index is 12.2. The monoisotopic (exact) mass is 337 g/mol. The van der Waals surface area contributed by atoms with Crippen LogP contribution >= 0.6 is 0 Å². The molecule has 0 radical (unpaired) electrons. The quantitative estimate of drug-likeness (QED) is 0.385. The predicted molar refractivity (Wildman–Crippen MR) is 90.5 cm³/mol. The zero-order valence-electron chi connectivity index (χ0n) is 13.4. The Morgan fingerprint density at radius 2 is 2.04 bits per heavy atom. The minimum absolute atomic E-state index is 0.0773. The molecule has 7 heteroatoms. The molecule has 1 aliphatic rings. The Morgan fingerprint density at radius 1 is 1.36 bits per heavy atom. The number of nitro groups is 1. The van der Waals surface area contributed by atoms with Crippen molar-refractivity contribution in [1.29, 1.82) is 5.26 Å². The van der Waals surface area contributed by atoms with Crippen molar-refractivity contribution in [2.75, 3.05) is 5.32 Å². The van der Waals surface area contributed by atoms with E-state index in [-0.39, 0.29) is 11.3 Å². The SMILES string of the molecule is CC1CC1c1ccc(/C=C(\C#N)C(=O)Nc2ccc([N+](=O)[O-])cc2)o1. The first kappa shape index (κ1) is 16.5. The van der Waals surface area contributed by atoms with Crippen LogP contribution in [0.4, 0.5) is 11.4 Å². The minimum Gasteiger partial charge on any atom is -0.461 e. The molecule has 1 heterocycles. The zero-order chi connectivity index (χ0) is 18.0. The van der Waals surface area contributed by atoms with E-state index in [1.54, 1.807) is 6.07 Å². The van der Waals surface area contributed by atoms with Crippen LogP contribution in [0.5, 0.6) is 0 Å². The average molecular weight is 337 g/mol. The number of benzene rings is 1. The standard InChI is InChI=1S/C18H15N3O4/c1-11-8-16(11)17-7-6-15(25-17)9-12(10-19)18(22)20-13-2-4-14(5-3-13)21(23)24/h2-7,9,11,16H,8H2,1H3,(H,20,22)/b12-9+.